The van der Waals surface area contributed by atoms with Gasteiger partial charge in [-0.1, -0.05) is 23.7 Å². The first-order valence-corrected chi connectivity index (χ1v) is 9.62. The van der Waals surface area contributed by atoms with E-state index in [1.165, 1.54) is 5.56 Å². The van der Waals surface area contributed by atoms with Gasteiger partial charge in [-0.15, -0.1) is 0 Å². The van der Waals surface area contributed by atoms with Gasteiger partial charge in [-0.3, -0.25) is 9.89 Å². The van der Waals surface area contributed by atoms with Crippen LogP contribution in [0.4, 0.5) is 0 Å². The van der Waals surface area contributed by atoms with E-state index in [1.54, 1.807) is 7.11 Å². The van der Waals surface area contributed by atoms with Crippen LogP contribution < -0.4 is 10.6 Å². The minimum absolute atomic E-state index is 0.190. The van der Waals surface area contributed by atoms with Crippen LogP contribution in [-0.4, -0.2) is 70.0 Å². The predicted octanol–water partition coefficient (Wildman–Crippen LogP) is 2.30. The van der Waals surface area contributed by atoms with E-state index in [1.807, 2.05) is 12.1 Å². The monoisotopic (exact) mass is 382 g/mol. The Kier molecular flexibility index (Phi) is 9.18. The second-order valence-electron chi connectivity index (χ2n) is 6.44. The zero-order valence-corrected chi connectivity index (χ0v) is 16.8. The van der Waals surface area contributed by atoms with Crippen molar-refractivity contribution >= 4 is 17.6 Å². The molecule has 2 atom stereocenters. The Morgan fingerprint density at radius 1 is 1.31 bits per heavy atom. The van der Waals surface area contributed by atoms with Crippen molar-refractivity contribution in [2.75, 3.05) is 53.1 Å². The second-order valence-corrected chi connectivity index (χ2v) is 6.87. The molecule has 2 N–H and O–H groups in total. The maximum absolute atomic E-state index is 6.06. The third-order valence-electron chi connectivity index (χ3n) is 4.31. The number of halogens is 1. The molecule has 1 aliphatic heterocycles. The standard InChI is InChI=1S/C19H31ClN4O2/c1-4-21-19(23-15(2)14-25-3)22-13-18(24-9-11-26-12-10-24)16-5-7-17(20)8-6-16/h5-8,15,18H,4,9-14H2,1-3H3,(H2,21,22,23). The lowest BCUT2D eigenvalue weighted by molar-refractivity contribution is 0.0179. The molecule has 146 valence electrons. The van der Waals surface area contributed by atoms with Gasteiger partial charge in [-0.25, -0.2) is 0 Å². The SMILES string of the molecule is CCNC(=NCC(c1ccc(Cl)cc1)N1CCOCC1)NC(C)COC. The largest absolute Gasteiger partial charge is 0.383 e. The second kappa shape index (κ2) is 11.4. The van der Waals surface area contributed by atoms with Gasteiger partial charge in [0.1, 0.15) is 0 Å². The van der Waals surface area contributed by atoms with Gasteiger partial charge < -0.3 is 20.1 Å². The van der Waals surface area contributed by atoms with E-state index in [4.69, 9.17) is 26.1 Å². The summed E-state index contributed by atoms with van der Waals surface area (Å²) in [7, 11) is 1.71. The molecule has 0 bridgehead atoms. The number of hydrogen-bond acceptors (Lipinski definition) is 4. The van der Waals surface area contributed by atoms with Crippen LogP contribution >= 0.6 is 11.6 Å². The number of hydrogen-bond donors (Lipinski definition) is 2. The molecule has 6 nitrogen and oxygen atoms in total. The summed E-state index contributed by atoms with van der Waals surface area (Å²) >= 11 is 6.06. The molecule has 2 rings (SSSR count). The molecule has 0 radical (unpaired) electrons. The van der Waals surface area contributed by atoms with Crippen LogP contribution in [0.5, 0.6) is 0 Å². The Bertz CT molecular complexity index is 547. The molecule has 2 unspecified atom stereocenters. The van der Waals surface area contributed by atoms with Crippen LogP contribution in [0.2, 0.25) is 5.02 Å². The molecule has 1 saturated heterocycles. The van der Waals surface area contributed by atoms with Crippen LogP contribution in [0.15, 0.2) is 29.3 Å². The zero-order valence-electron chi connectivity index (χ0n) is 16.0. The molecule has 0 amide bonds. The number of guanidine groups is 1. The van der Waals surface area contributed by atoms with Crippen LogP contribution in [0.1, 0.15) is 25.5 Å². The first-order chi connectivity index (χ1) is 12.6. The fourth-order valence-electron chi connectivity index (χ4n) is 3.03. The maximum atomic E-state index is 6.06. The van der Waals surface area contributed by atoms with Crippen molar-refractivity contribution < 1.29 is 9.47 Å². The summed E-state index contributed by atoms with van der Waals surface area (Å²) < 4.78 is 10.7. The average Bonchev–Trinajstić information content (AvgIpc) is 2.64. The summed E-state index contributed by atoms with van der Waals surface area (Å²) in [5, 5.41) is 7.45. The van der Waals surface area contributed by atoms with E-state index in [9.17, 15) is 0 Å². The van der Waals surface area contributed by atoms with Crippen LogP contribution in [0, 0.1) is 0 Å². The van der Waals surface area contributed by atoms with Crippen LogP contribution in [0.3, 0.4) is 0 Å². The lowest BCUT2D eigenvalue weighted by Gasteiger charge is -2.34. The highest BCUT2D eigenvalue weighted by atomic mass is 35.5. The van der Waals surface area contributed by atoms with E-state index in [0.717, 1.165) is 43.8 Å². The molecular formula is C19H31ClN4O2. The number of methoxy groups -OCH3 is 1. The molecule has 1 aromatic carbocycles. The lowest BCUT2D eigenvalue weighted by Crippen LogP contribution is -2.45. The number of morpholine rings is 1. The highest BCUT2D eigenvalue weighted by Crippen LogP contribution is 2.24. The van der Waals surface area contributed by atoms with E-state index in [0.29, 0.717) is 13.2 Å². The molecule has 7 heteroatoms. The van der Waals surface area contributed by atoms with Gasteiger partial charge in [0.25, 0.3) is 0 Å². The third-order valence-corrected chi connectivity index (χ3v) is 4.56. The van der Waals surface area contributed by atoms with E-state index in [2.05, 4.69) is 41.5 Å². The number of ether oxygens (including phenoxy) is 2. The molecule has 0 aromatic heterocycles. The minimum Gasteiger partial charge on any atom is -0.383 e. The van der Waals surface area contributed by atoms with E-state index >= 15 is 0 Å². The average molecular weight is 383 g/mol. The molecule has 1 aliphatic rings. The van der Waals surface area contributed by atoms with Gasteiger partial charge in [-0.05, 0) is 31.5 Å². The Balaban J connectivity index is 2.13. The molecule has 1 fully saturated rings. The lowest BCUT2D eigenvalue weighted by atomic mass is 10.0. The summed E-state index contributed by atoms with van der Waals surface area (Å²) in [6.07, 6.45) is 0. The van der Waals surface area contributed by atoms with Gasteiger partial charge in [0.05, 0.1) is 32.4 Å². The van der Waals surface area contributed by atoms with Gasteiger partial charge in [0, 0.05) is 37.8 Å². The minimum atomic E-state index is 0.190. The normalized spacial score (nSPS) is 18.4. The molecular weight excluding hydrogens is 352 g/mol. The highest BCUT2D eigenvalue weighted by Gasteiger charge is 2.22. The highest BCUT2D eigenvalue weighted by molar-refractivity contribution is 6.30. The van der Waals surface area contributed by atoms with Crippen molar-refractivity contribution in [2.24, 2.45) is 4.99 Å². The topological polar surface area (TPSA) is 58.1 Å². The van der Waals surface area contributed by atoms with Crippen molar-refractivity contribution in [3.05, 3.63) is 34.9 Å². The number of aliphatic imine (C=N–C) groups is 1. The molecule has 0 aliphatic carbocycles. The van der Waals surface area contributed by atoms with Gasteiger partial charge in [-0.2, -0.15) is 0 Å². The zero-order chi connectivity index (χ0) is 18.8. The Labute approximate surface area is 161 Å². The number of nitrogens with one attached hydrogen (secondary N) is 2. The Morgan fingerprint density at radius 3 is 2.62 bits per heavy atom. The molecule has 26 heavy (non-hydrogen) atoms. The predicted molar refractivity (Wildman–Crippen MR) is 107 cm³/mol. The molecule has 0 spiro atoms. The number of rotatable bonds is 8. The summed E-state index contributed by atoms with van der Waals surface area (Å²) in [5.74, 6) is 0.810. The van der Waals surface area contributed by atoms with Crippen molar-refractivity contribution in [3.63, 3.8) is 0 Å². The first kappa shape index (κ1) is 21.0. The third kappa shape index (κ3) is 6.76. The van der Waals surface area contributed by atoms with Gasteiger partial charge >= 0.3 is 0 Å². The van der Waals surface area contributed by atoms with Gasteiger partial charge in [0.15, 0.2) is 5.96 Å². The van der Waals surface area contributed by atoms with Crippen molar-refractivity contribution in [1.29, 1.82) is 0 Å². The molecule has 1 heterocycles. The maximum Gasteiger partial charge on any atom is 0.191 e. The van der Waals surface area contributed by atoms with Crippen LogP contribution in [-0.2, 0) is 9.47 Å². The quantitative estimate of drug-likeness (QED) is 0.533. The summed E-state index contributed by atoms with van der Waals surface area (Å²) in [6, 6.07) is 8.45. The Morgan fingerprint density at radius 2 is 2.00 bits per heavy atom. The summed E-state index contributed by atoms with van der Waals surface area (Å²) in [6.45, 7) is 9.60. The summed E-state index contributed by atoms with van der Waals surface area (Å²) in [4.78, 5) is 7.26. The fourth-order valence-corrected chi connectivity index (χ4v) is 3.15. The molecule has 0 saturated carbocycles. The first-order valence-electron chi connectivity index (χ1n) is 9.25. The van der Waals surface area contributed by atoms with Crippen LogP contribution in [0.25, 0.3) is 0 Å². The van der Waals surface area contributed by atoms with E-state index < -0.39 is 0 Å². The Hall–Kier alpha value is -1.34. The van der Waals surface area contributed by atoms with Crippen molar-refractivity contribution in [1.82, 2.24) is 15.5 Å². The smallest absolute Gasteiger partial charge is 0.191 e. The number of nitrogens with zero attached hydrogens (tertiary/aromatic N) is 2. The molecule has 1 aromatic rings. The van der Waals surface area contributed by atoms with Gasteiger partial charge in [0.2, 0.25) is 0 Å². The van der Waals surface area contributed by atoms with E-state index in [-0.39, 0.29) is 12.1 Å². The summed E-state index contributed by atoms with van der Waals surface area (Å²) in [5.41, 5.74) is 1.22. The van der Waals surface area contributed by atoms with Crippen molar-refractivity contribution in [2.45, 2.75) is 25.9 Å². The fraction of sp³-hybridized carbons (Fsp3) is 0.632. The number of benzene rings is 1. The van der Waals surface area contributed by atoms with Crippen molar-refractivity contribution in [3.8, 4) is 0 Å².